The van der Waals surface area contributed by atoms with Crippen molar-refractivity contribution < 1.29 is 9.59 Å². The minimum Gasteiger partial charge on any atom is -0.329 e. The van der Waals surface area contributed by atoms with E-state index >= 15 is 0 Å². The average Bonchev–Trinajstić information content (AvgIpc) is 3.30. The quantitative estimate of drug-likeness (QED) is 0.666. The van der Waals surface area contributed by atoms with Gasteiger partial charge in [0.05, 0.1) is 21.9 Å². The summed E-state index contributed by atoms with van der Waals surface area (Å²) in [5.41, 5.74) is 2.36. The largest absolute Gasteiger partial charge is 0.329 e. The van der Waals surface area contributed by atoms with Gasteiger partial charge in [0.25, 0.3) is 5.91 Å². The van der Waals surface area contributed by atoms with Crippen molar-refractivity contribution in [2.45, 2.75) is 30.2 Å². The van der Waals surface area contributed by atoms with E-state index in [-0.39, 0.29) is 17.9 Å². The molecular weight excluding hydrogens is 390 g/mol. The van der Waals surface area contributed by atoms with Gasteiger partial charge in [-0.05, 0) is 43.2 Å². The van der Waals surface area contributed by atoms with Crippen LogP contribution >= 0.6 is 23.1 Å². The van der Waals surface area contributed by atoms with E-state index in [1.54, 1.807) is 23.1 Å². The normalized spacial score (nSPS) is 19.4. The van der Waals surface area contributed by atoms with Crippen LogP contribution in [0.3, 0.4) is 0 Å². The molecule has 2 aliphatic heterocycles. The molecule has 1 N–H and O–H groups in total. The lowest BCUT2D eigenvalue weighted by atomic mass is 10.1. The Kier molecular flexibility index (Phi) is 4.56. The molecule has 1 unspecified atom stereocenters. The summed E-state index contributed by atoms with van der Waals surface area (Å²) in [6.45, 7) is 0.734. The summed E-state index contributed by atoms with van der Waals surface area (Å²) in [6, 6.07) is 13.8. The summed E-state index contributed by atoms with van der Waals surface area (Å²) in [5.74, 6) is 0.773. The number of amides is 2. The summed E-state index contributed by atoms with van der Waals surface area (Å²) < 4.78 is 1.15. The standard InChI is InChI=1S/C21H19N3O2S2/c25-19-9-11-27-17-8-7-13(12-15(17)22-19)21(26)24-10-3-5-16(24)20-23-14-4-1-2-6-18(14)28-20/h1-2,4,6-8,12,16H,3,5,9-11H2,(H,22,25). The van der Waals surface area contributed by atoms with Gasteiger partial charge in [-0.1, -0.05) is 12.1 Å². The van der Waals surface area contributed by atoms with E-state index in [2.05, 4.69) is 11.4 Å². The van der Waals surface area contributed by atoms with Gasteiger partial charge in [0, 0.05) is 29.2 Å². The number of hydrogen-bond donors (Lipinski definition) is 1. The van der Waals surface area contributed by atoms with E-state index in [0.29, 0.717) is 12.0 Å². The minimum absolute atomic E-state index is 0.00405. The van der Waals surface area contributed by atoms with Crippen LogP contribution in [0.2, 0.25) is 0 Å². The number of thioether (sulfide) groups is 1. The number of nitrogens with one attached hydrogen (secondary N) is 1. The van der Waals surface area contributed by atoms with Crippen LogP contribution in [-0.4, -0.2) is 34.0 Å². The number of aromatic nitrogens is 1. The third-order valence-corrected chi connectivity index (χ3v) is 7.41. The van der Waals surface area contributed by atoms with Gasteiger partial charge in [-0.3, -0.25) is 9.59 Å². The Morgan fingerprint density at radius 3 is 3.00 bits per heavy atom. The molecule has 2 aliphatic rings. The Labute approximate surface area is 171 Å². The molecule has 5 rings (SSSR count). The molecule has 1 saturated heterocycles. The number of carbonyl (C=O) groups is 2. The van der Waals surface area contributed by atoms with Crippen molar-refractivity contribution in [1.82, 2.24) is 9.88 Å². The number of benzene rings is 2. The average molecular weight is 410 g/mol. The first-order chi connectivity index (χ1) is 13.7. The topological polar surface area (TPSA) is 62.3 Å². The van der Waals surface area contributed by atoms with Crippen molar-refractivity contribution >= 4 is 50.8 Å². The van der Waals surface area contributed by atoms with E-state index in [9.17, 15) is 9.59 Å². The lowest BCUT2D eigenvalue weighted by molar-refractivity contribution is -0.115. The molecule has 3 heterocycles. The predicted molar refractivity (Wildman–Crippen MR) is 113 cm³/mol. The summed E-state index contributed by atoms with van der Waals surface area (Å²) in [4.78, 5) is 32.9. The van der Waals surface area contributed by atoms with Crippen molar-refractivity contribution in [2.75, 3.05) is 17.6 Å². The first-order valence-electron chi connectivity index (χ1n) is 9.42. The van der Waals surface area contributed by atoms with Gasteiger partial charge in [-0.2, -0.15) is 0 Å². The molecular formula is C21H19N3O2S2. The monoisotopic (exact) mass is 409 g/mol. The van der Waals surface area contributed by atoms with E-state index in [4.69, 9.17) is 4.98 Å². The molecule has 5 nitrogen and oxygen atoms in total. The summed E-state index contributed by atoms with van der Waals surface area (Å²) in [6.07, 6.45) is 2.40. The first-order valence-corrected chi connectivity index (χ1v) is 11.2. The van der Waals surface area contributed by atoms with Crippen molar-refractivity contribution in [3.05, 3.63) is 53.0 Å². The lowest BCUT2D eigenvalue weighted by Crippen LogP contribution is -2.30. The molecule has 0 aliphatic carbocycles. The SMILES string of the molecule is O=C1CCSc2ccc(C(=O)N3CCCC3c3nc4ccccc4s3)cc2N1. The molecule has 0 radical (unpaired) electrons. The van der Waals surface area contributed by atoms with E-state index in [0.717, 1.165) is 50.9 Å². The maximum absolute atomic E-state index is 13.3. The molecule has 7 heteroatoms. The van der Waals surface area contributed by atoms with Gasteiger partial charge in [-0.15, -0.1) is 23.1 Å². The second kappa shape index (κ2) is 7.22. The van der Waals surface area contributed by atoms with Crippen LogP contribution in [0.5, 0.6) is 0 Å². The Morgan fingerprint density at radius 2 is 2.11 bits per heavy atom. The van der Waals surface area contributed by atoms with Crippen molar-refractivity contribution in [3.63, 3.8) is 0 Å². The molecule has 0 saturated carbocycles. The fourth-order valence-electron chi connectivity index (χ4n) is 3.82. The number of nitrogens with zero attached hydrogens (tertiary/aromatic N) is 2. The number of carbonyl (C=O) groups excluding carboxylic acids is 2. The molecule has 0 bridgehead atoms. The van der Waals surface area contributed by atoms with E-state index < -0.39 is 0 Å². The Bertz CT molecular complexity index is 1050. The van der Waals surface area contributed by atoms with Gasteiger partial charge in [0.2, 0.25) is 5.91 Å². The first kappa shape index (κ1) is 17.7. The molecule has 2 amide bonds. The number of rotatable bonds is 2. The second-order valence-electron chi connectivity index (χ2n) is 7.03. The van der Waals surface area contributed by atoms with Gasteiger partial charge in [0.15, 0.2) is 0 Å². The fourth-order valence-corrected chi connectivity index (χ4v) is 5.87. The highest BCUT2D eigenvalue weighted by Gasteiger charge is 2.33. The predicted octanol–water partition coefficient (Wildman–Crippen LogP) is 4.71. The molecule has 28 heavy (non-hydrogen) atoms. The molecule has 1 fully saturated rings. The van der Waals surface area contributed by atoms with Gasteiger partial charge < -0.3 is 10.2 Å². The Hall–Kier alpha value is -2.38. The number of hydrogen-bond acceptors (Lipinski definition) is 5. The highest BCUT2D eigenvalue weighted by Crippen LogP contribution is 2.38. The summed E-state index contributed by atoms with van der Waals surface area (Å²) >= 11 is 3.32. The van der Waals surface area contributed by atoms with E-state index in [1.807, 2.05) is 41.3 Å². The second-order valence-corrected chi connectivity index (χ2v) is 9.23. The molecule has 142 valence electrons. The van der Waals surface area contributed by atoms with Gasteiger partial charge in [0.1, 0.15) is 5.01 Å². The summed E-state index contributed by atoms with van der Waals surface area (Å²) in [7, 11) is 0. The van der Waals surface area contributed by atoms with Crippen molar-refractivity contribution in [3.8, 4) is 0 Å². The number of para-hydroxylation sites is 1. The maximum Gasteiger partial charge on any atom is 0.254 e. The lowest BCUT2D eigenvalue weighted by Gasteiger charge is -2.23. The van der Waals surface area contributed by atoms with Crippen LogP contribution in [-0.2, 0) is 4.79 Å². The van der Waals surface area contributed by atoms with Crippen molar-refractivity contribution in [1.29, 1.82) is 0 Å². The van der Waals surface area contributed by atoms with Crippen molar-refractivity contribution in [2.24, 2.45) is 0 Å². The highest BCUT2D eigenvalue weighted by molar-refractivity contribution is 7.99. The Balaban J connectivity index is 1.45. The number of thiazole rings is 1. The van der Waals surface area contributed by atoms with Crippen LogP contribution in [0.25, 0.3) is 10.2 Å². The van der Waals surface area contributed by atoms with Crippen LogP contribution in [0.1, 0.15) is 40.7 Å². The highest BCUT2D eigenvalue weighted by atomic mass is 32.2. The zero-order valence-electron chi connectivity index (χ0n) is 15.2. The third kappa shape index (κ3) is 3.18. The van der Waals surface area contributed by atoms with E-state index in [1.165, 1.54) is 0 Å². The zero-order chi connectivity index (χ0) is 19.1. The minimum atomic E-state index is 0.00405. The van der Waals surface area contributed by atoms with Gasteiger partial charge >= 0.3 is 0 Å². The third-order valence-electron chi connectivity index (χ3n) is 5.20. The zero-order valence-corrected chi connectivity index (χ0v) is 16.8. The molecule has 0 spiro atoms. The fraction of sp³-hybridized carbons (Fsp3) is 0.286. The number of anilines is 1. The number of fused-ring (bicyclic) bond motifs is 2. The van der Waals surface area contributed by atoms with Gasteiger partial charge in [-0.25, -0.2) is 4.98 Å². The van der Waals surface area contributed by atoms with Crippen LogP contribution in [0.15, 0.2) is 47.4 Å². The van der Waals surface area contributed by atoms with Crippen LogP contribution in [0.4, 0.5) is 5.69 Å². The maximum atomic E-state index is 13.3. The molecule has 1 aromatic heterocycles. The number of likely N-dealkylation sites (tertiary alicyclic amines) is 1. The smallest absolute Gasteiger partial charge is 0.254 e. The molecule has 3 aromatic rings. The van der Waals surface area contributed by atoms with Crippen LogP contribution in [0, 0.1) is 0 Å². The Morgan fingerprint density at radius 1 is 1.21 bits per heavy atom. The van der Waals surface area contributed by atoms with Crippen LogP contribution < -0.4 is 5.32 Å². The molecule has 2 aromatic carbocycles. The summed E-state index contributed by atoms with van der Waals surface area (Å²) in [5, 5.41) is 3.93. The molecule has 1 atom stereocenters.